The van der Waals surface area contributed by atoms with Crippen LogP contribution in [-0.4, -0.2) is 39.4 Å². The Balaban J connectivity index is 1.19. The SMILES string of the molecule is COC(=O)c1ccc(Oc2cc(CCc3cccc(Oc4ccc(OC)cc4C4OCCO4)c3)ccc2OC(=O)c2ccccc2)cc1. The predicted molar refractivity (Wildman–Crippen MR) is 177 cm³/mol. The molecule has 6 rings (SSSR count). The van der Waals surface area contributed by atoms with Crippen LogP contribution in [0.3, 0.4) is 0 Å². The van der Waals surface area contributed by atoms with Crippen molar-refractivity contribution >= 4 is 11.9 Å². The van der Waals surface area contributed by atoms with Crippen LogP contribution in [0.1, 0.15) is 43.7 Å². The van der Waals surface area contributed by atoms with E-state index in [1.807, 2.05) is 60.7 Å². The summed E-state index contributed by atoms with van der Waals surface area (Å²) in [5.41, 5.74) is 3.61. The van der Waals surface area contributed by atoms with Gasteiger partial charge in [-0.3, -0.25) is 0 Å². The zero-order valence-electron chi connectivity index (χ0n) is 26.5. The maximum atomic E-state index is 12.9. The summed E-state index contributed by atoms with van der Waals surface area (Å²) in [6.07, 6.45) is 0.860. The van der Waals surface area contributed by atoms with Crippen molar-refractivity contribution in [3.63, 3.8) is 0 Å². The van der Waals surface area contributed by atoms with Gasteiger partial charge in [0.15, 0.2) is 17.8 Å². The van der Waals surface area contributed by atoms with Crippen molar-refractivity contribution in [2.75, 3.05) is 27.4 Å². The van der Waals surface area contributed by atoms with Crippen LogP contribution in [0.2, 0.25) is 0 Å². The van der Waals surface area contributed by atoms with Gasteiger partial charge in [-0.25, -0.2) is 9.59 Å². The maximum absolute atomic E-state index is 12.9. The Labute approximate surface area is 278 Å². The molecule has 1 saturated heterocycles. The molecule has 1 fully saturated rings. The highest BCUT2D eigenvalue weighted by Gasteiger charge is 2.23. The number of carbonyl (C=O) groups is 2. The van der Waals surface area contributed by atoms with E-state index in [1.54, 1.807) is 61.7 Å². The first kappa shape index (κ1) is 32.3. The number of hydrogen-bond acceptors (Lipinski definition) is 9. The number of hydrogen-bond donors (Lipinski definition) is 0. The van der Waals surface area contributed by atoms with E-state index < -0.39 is 18.2 Å². The molecule has 0 spiro atoms. The third-order valence-corrected chi connectivity index (χ3v) is 7.64. The van der Waals surface area contributed by atoms with E-state index in [0.29, 0.717) is 65.9 Å². The molecule has 48 heavy (non-hydrogen) atoms. The molecule has 0 unspecified atom stereocenters. The smallest absolute Gasteiger partial charge is 0.343 e. The van der Waals surface area contributed by atoms with Gasteiger partial charge in [0.2, 0.25) is 0 Å². The second-order valence-corrected chi connectivity index (χ2v) is 10.9. The second kappa shape index (κ2) is 15.3. The van der Waals surface area contributed by atoms with Crippen LogP contribution in [-0.2, 0) is 27.1 Å². The Hall–Kier alpha value is -5.64. The van der Waals surface area contributed by atoms with Crippen LogP contribution >= 0.6 is 0 Å². The molecule has 0 amide bonds. The first-order valence-electron chi connectivity index (χ1n) is 15.4. The minimum absolute atomic E-state index is 0.269. The molecular formula is C39H34O9. The van der Waals surface area contributed by atoms with E-state index in [4.69, 9.17) is 33.2 Å². The molecule has 0 aliphatic carbocycles. The van der Waals surface area contributed by atoms with Crippen molar-refractivity contribution in [2.45, 2.75) is 19.1 Å². The molecule has 9 heteroatoms. The summed E-state index contributed by atoms with van der Waals surface area (Å²) in [4.78, 5) is 24.8. The van der Waals surface area contributed by atoms with Crippen LogP contribution in [0.15, 0.2) is 115 Å². The van der Waals surface area contributed by atoms with Crippen molar-refractivity contribution in [1.29, 1.82) is 0 Å². The third kappa shape index (κ3) is 8.01. The summed E-state index contributed by atoms with van der Waals surface area (Å²) in [5, 5.41) is 0. The van der Waals surface area contributed by atoms with Crippen molar-refractivity contribution in [3.8, 4) is 34.5 Å². The molecule has 0 bridgehead atoms. The van der Waals surface area contributed by atoms with Gasteiger partial charge in [0.05, 0.1) is 44.1 Å². The van der Waals surface area contributed by atoms with Gasteiger partial charge < -0.3 is 33.2 Å². The fourth-order valence-corrected chi connectivity index (χ4v) is 5.16. The van der Waals surface area contributed by atoms with E-state index in [2.05, 4.69) is 0 Å². The zero-order valence-corrected chi connectivity index (χ0v) is 26.5. The second-order valence-electron chi connectivity index (χ2n) is 10.9. The van der Waals surface area contributed by atoms with Crippen molar-refractivity contribution in [2.24, 2.45) is 0 Å². The summed E-state index contributed by atoms with van der Waals surface area (Å²) >= 11 is 0. The normalized spacial score (nSPS) is 12.7. The lowest BCUT2D eigenvalue weighted by Crippen LogP contribution is -2.09. The molecule has 0 radical (unpaired) electrons. The highest BCUT2D eigenvalue weighted by Crippen LogP contribution is 2.37. The lowest BCUT2D eigenvalue weighted by atomic mass is 10.0. The van der Waals surface area contributed by atoms with Crippen LogP contribution in [0.25, 0.3) is 0 Å². The van der Waals surface area contributed by atoms with Gasteiger partial charge in [-0.05, 0) is 103 Å². The lowest BCUT2D eigenvalue weighted by molar-refractivity contribution is -0.0453. The number of carbonyl (C=O) groups excluding carboxylic acids is 2. The van der Waals surface area contributed by atoms with E-state index in [1.165, 1.54) is 7.11 Å². The summed E-state index contributed by atoms with van der Waals surface area (Å²) in [7, 11) is 2.94. The molecule has 0 saturated carbocycles. The van der Waals surface area contributed by atoms with E-state index in [0.717, 1.165) is 16.7 Å². The molecule has 244 valence electrons. The highest BCUT2D eigenvalue weighted by atomic mass is 16.7. The van der Waals surface area contributed by atoms with Gasteiger partial charge in [0, 0.05) is 0 Å². The van der Waals surface area contributed by atoms with E-state index in [9.17, 15) is 9.59 Å². The monoisotopic (exact) mass is 646 g/mol. The van der Waals surface area contributed by atoms with Gasteiger partial charge >= 0.3 is 11.9 Å². The maximum Gasteiger partial charge on any atom is 0.343 e. The van der Waals surface area contributed by atoms with Crippen molar-refractivity contribution in [3.05, 3.63) is 143 Å². The first-order valence-corrected chi connectivity index (χ1v) is 15.4. The third-order valence-electron chi connectivity index (χ3n) is 7.64. The van der Waals surface area contributed by atoms with Crippen LogP contribution in [0, 0.1) is 0 Å². The number of aryl methyl sites for hydroxylation is 2. The molecule has 9 nitrogen and oxygen atoms in total. The van der Waals surface area contributed by atoms with Crippen molar-refractivity contribution in [1.82, 2.24) is 0 Å². The Morgan fingerprint density at radius 3 is 2.00 bits per heavy atom. The largest absolute Gasteiger partial charge is 0.497 e. The van der Waals surface area contributed by atoms with Crippen molar-refractivity contribution < 1.29 is 42.7 Å². The number of benzene rings is 5. The predicted octanol–water partition coefficient (Wildman–Crippen LogP) is 8.12. The van der Waals surface area contributed by atoms with E-state index in [-0.39, 0.29) is 5.75 Å². The molecule has 5 aromatic rings. The zero-order chi connectivity index (χ0) is 33.3. The molecular weight excluding hydrogens is 612 g/mol. The van der Waals surface area contributed by atoms with Gasteiger partial charge in [-0.1, -0.05) is 36.4 Å². The van der Waals surface area contributed by atoms with Gasteiger partial charge in [-0.2, -0.15) is 0 Å². The molecule has 1 aliphatic rings. The van der Waals surface area contributed by atoms with Crippen LogP contribution in [0.5, 0.6) is 34.5 Å². The Morgan fingerprint density at radius 2 is 1.27 bits per heavy atom. The Bertz CT molecular complexity index is 1860. The topological polar surface area (TPSA) is 98.8 Å². The van der Waals surface area contributed by atoms with Crippen LogP contribution in [0.4, 0.5) is 0 Å². The minimum atomic E-state index is -0.518. The summed E-state index contributed by atoms with van der Waals surface area (Å²) in [6.45, 7) is 1.03. The fraction of sp³-hybridized carbons (Fsp3) is 0.179. The number of rotatable bonds is 12. The average molecular weight is 647 g/mol. The molecule has 1 aliphatic heterocycles. The molecule has 0 atom stereocenters. The average Bonchev–Trinajstić information content (AvgIpc) is 3.67. The van der Waals surface area contributed by atoms with E-state index >= 15 is 0 Å². The first-order chi connectivity index (χ1) is 23.5. The number of methoxy groups -OCH3 is 2. The van der Waals surface area contributed by atoms with Gasteiger partial charge in [-0.15, -0.1) is 0 Å². The molecule has 1 heterocycles. The number of ether oxygens (including phenoxy) is 7. The quantitative estimate of drug-likeness (QED) is 0.0983. The molecule has 5 aromatic carbocycles. The summed E-state index contributed by atoms with van der Waals surface area (Å²) < 4.78 is 39.9. The molecule has 0 N–H and O–H groups in total. The Morgan fingerprint density at radius 1 is 0.604 bits per heavy atom. The standard InChI is InChI=1S/C39H34O9/c1-42-31-18-20-34(33(25-31)39-44-21-22-45-39)47-32-10-6-7-26(23-32)11-12-27-13-19-35(48-38(41)28-8-4-3-5-9-28)36(24-27)46-30-16-14-29(15-17-30)37(40)43-2/h3-10,13-20,23-25,39H,11-12,21-22H2,1-2H3. The fourth-order valence-electron chi connectivity index (χ4n) is 5.16. The van der Waals surface area contributed by atoms with Crippen LogP contribution < -0.4 is 18.9 Å². The summed E-state index contributed by atoms with van der Waals surface area (Å²) in [5.74, 6) is 2.14. The summed E-state index contributed by atoms with van der Waals surface area (Å²) in [6, 6.07) is 34.2. The lowest BCUT2D eigenvalue weighted by Gasteiger charge is -2.17. The van der Waals surface area contributed by atoms with Gasteiger partial charge in [0.1, 0.15) is 23.0 Å². The minimum Gasteiger partial charge on any atom is -0.497 e. The Kier molecular flexibility index (Phi) is 10.3. The van der Waals surface area contributed by atoms with Gasteiger partial charge in [0.25, 0.3) is 0 Å². The number of esters is 2. The molecule has 0 aromatic heterocycles. The highest BCUT2D eigenvalue weighted by molar-refractivity contribution is 5.91.